The molecule has 1 aromatic rings. The zero-order valence-corrected chi connectivity index (χ0v) is 15.4. The van der Waals surface area contributed by atoms with Crippen LogP contribution in [-0.2, 0) is 14.8 Å². The molecular formula is C16H21F2N3O4S. The molecule has 1 aliphatic rings. The van der Waals surface area contributed by atoms with E-state index in [1.807, 2.05) is 6.92 Å². The first-order chi connectivity index (χ1) is 12.2. The van der Waals surface area contributed by atoms with Gasteiger partial charge in [-0.1, -0.05) is 25.8 Å². The van der Waals surface area contributed by atoms with Crippen molar-refractivity contribution in [1.29, 1.82) is 0 Å². The first-order valence-corrected chi connectivity index (χ1v) is 10.0. The highest BCUT2D eigenvalue weighted by atomic mass is 32.2. The maximum Gasteiger partial charge on any atom is 0.277 e. The second-order valence-electron chi connectivity index (χ2n) is 6.00. The molecule has 10 heteroatoms. The molecule has 0 spiro atoms. The Kier molecular flexibility index (Phi) is 6.17. The Hall–Kier alpha value is -2.23. The molecule has 1 aliphatic heterocycles. The number of halogens is 2. The molecule has 26 heavy (non-hydrogen) atoms. The zero-order chi connectivity index (χ0) is 19.5. The Morgan fingerprint density at radius 3 is 2.62 bits per heavy atom. The van der Waals surface area contributed by atoms with E-state index in [1.54, 1.807) is 0 Å². The standard InChI is InChI=1S/C16H21F2N3O4S/c1-3-4-5-6-14(22)21(26(2,24)25)20-10-19-13-9-11(15(17)18)7-8-12(13)16(20)23/h7-9,15,19H,3-6,10H2,1-2H3. The summed E-state index contributed by atoms with van der Waals surface area (Å²) in [5.74, 6) is -1.45. The monoisotopic (exact) mass is 389 g/mol. The number of fused-ring (bicyclic) bond motifs is 1. The highest BCUT2D eigenvalue weighted by Crippen LogP contribution is 2.29. The third kappa shape index (κ3) is 4.29. The number of carbonyl (C=O) groups is 2. The number of benzene rings is 1. The molecule has 0 saturated heterocycles. The Bertz CT molecular complexity index is 799. The summed E-state index contributed by atoms with van der Waals surface area (Å²) in [6.45, 7) is 1.63. The SMILES string of the molecule is CCCCCC(=O)N(N1CNc2cc(C(F)F)ccc2C1=O)S(C)(=O)=O. The molecule has 0 unspecified atom stereocenters. The minimum absolute atomic E-state index is 0.0120. The number of carbonyl (C=O) groups excluding carboxylic acids is 2. The number of sulfonamides is 1. The predicted octanol–water partition coefficient (Wildman–Crippen LogP) is 2.73. The van der Waals surface area contributed by atoms with Gasteiger partial charge < -0.3 is 5.32 Å². The van der Waals surface area contributed by atoms with Crippen LogP contribution in [0.4, 0.5) is 14.5 Å². The number of hydrogen-bond acceptors (Lipinski definition) is 5. The Morgan fingerprint density at radius 1 is 1.35 bits per heavy atom. The Labute approximate surface area is 151 Å². The van der Waals surface area contributed by atoms with Crippen LogP contribution in [0.5, 0.6) is 0 Å². The minimum Gasteiger partial charge on any atom is -0.365 e. The molecule has 0 aliphatic carbocycles. The van der Waals surface area contributed by atoms with E-state index in [4.69, 9.17) is 0 Å². The van der Waals surface area contributed by atoms with Crippen LogP contribution in [0.25, 0.3) is 0 Å². The molecule has 0 radical (unpaired) electrons. The van der Waals surface area contributed by atoms with Crippen molar-refractivity contribution < 1.29 is 26.8 Å². The van der Waals surface area contributed by atoms with Gasteiger partial charge in [0, 0.05) is 17.7 Å². The molecule has 7 nitrogen and oxygen atoms in total. The molecule has 0 saturated carbocycles. The highest BCUT2D eigenvalue weighted by Gasteiger charge is 2.36. The van der Waals surface area contributed by atoms with E-state index in [-0.39, 0.29) is 29.9 Å². The third-order valence-electron chi connectivity index (χ3n) is 3.92. The summed E-state index contributed by atoms with van der Waals surface area (Å²) in [6.07, 6.45) is 0.258. The van der Waals surface area contributed by atoms with Crippen LogP contribution in [0.3, 0.4) is 0 Å². The normalized spacial score (nSPS) is 14.2. The topological polar surface area (TPSA) is 86.8 Å². The van der Waals surface area contributed by atoms with Crippen LogP contribution in [0, 0.1) is 0 Å². The second kappa shape index (κ2) is 7.98. The van der Waals surface area contributed by atoms with Gasteiger partial charge in [0.05, 0.1) is 11.8 Å². The number of anilines is 1. The van der Waals surface area contributed by atoms with Crippen molar-refractivity contribution in [2.24, 2.45) is 0 Å². The van der Waals surface area contributed by atoms with E-state index in [9.17, 15) is 26.8 Å². The maximum absolute atomic E-state index is 12.8. The van der Waals surface area contributed by atoms with Gasteiger partial charge in [0.1, 0.15) is 6.67 Å². The molecule has 0 bridgehead atoms. The number of hydrogen-bond donors (Lipinski definition) is 1. The van der Waals surface area contributed by atoms with E-state index in [2.05, 4.69) is 5.32 Å². The van der Waals surface area contributed by atoms with Crippen LogP contribution in [0.2, 0.25) is 0 Å². The molecule has 0 aromatic heterocycles. The number of unbranched alkanes of at least 4 members (excludes halogenated alkanes) is 2. The van der Waals surface area contributed by atoms with Crippen LogP contribution in [0.15, 0.2) is 18.2 Å². The lowest BCUT2D eigenvalue weighted by molar-refractivity contribution is -0.134. The summed E-state index contributed by atoms with van der Waals surface area (Å²) in [5, 5.41) is 3.51. The van der Waals surface area contributed by atoms with Crippen molar-refractivity contribution in [1.82, 2.24) is 9.42 Å². The van der Waals surface area contributed by atoms with Crippen molar-refractivity contribution in [3.63, 3.8) is 0 Å². The van der Waals surface area contributed by atoms with Crippen molar-refractivity contribution >= 4 is 27.5 Å². The highest BCUT2D eigenvalue weighted by molar-refractivity contribution is 7.88. The Balaban J connectivity index is 2.31. The lowest BCUT2D eigenvalue weighted by Crippen LogP contribution is -2.55. The van der Waals surface area contributed by atoms with Crippen LogP contribution < -0.4 is 5.32 Å². The summed E-state index contributed by atoms with van der Waals surface area (Å²) in [5.41, 5.74) is -0.0558. The number of amides is 2. The van der Waals surface area contributed by atoms with E-state index >= 15 is 0 Å². The van der Waals surface area contributed by atoms with Gasteiger partial charge in [-0.3, -0.25) is 9.59 Å². The van der Waals surface area contributed by atoms with E-state index in [0.29, 0.717) is 10.8 Å². The van der Waals surface area contributed by atoms with Crippen molar-refractivity contribution in [2.75, 3.05) is 18.2 Å². The van der Waals surface area contributed by atoms with E-state index in [0.717, 1.165) is 36.2 Å². The van der Waals surface area contributed by atoms with Gasteiger partial charge in [0.15, 0.2) is 0 Å². The van der Waals surface area contributed by atoms with Gasteiger partial charge in [-0.2, -0.15) is 0 Å². The van der Waals surface area contributed by atoms with Gasteiger partial charge in [0.2, 0.25) is 0 Å². The first kappa shape index (κ1) is 20.1. The lowest BCUT2D eigenvalue weighted by Gasteiger charge is -2.36. The summed E-state index contributed by atoms with van der Waals surface area (Å²) in [7, 11) is -4.03. The third-order valence-corrected chi connectivity index (χ3v) is 4.95. The fourth-order valence-corrected chi connectivity index (χ4v) is 3.62. The fourth-order valence-electron chi connectivity index (χ4n) is 2.67. The lowest BCUT2D eigenvalue weighted by atomic mass is 10.1. The number of nitrogens with zero attached hydrogens (tertiary/aromatic N) is 2. The molecule has 0 fully saturated rings. The molecular weight excluding hydrogens is 368 g/mol. The molecule has 1 N–H and O–H groups in total. The van der Waals surface area contributed by atoms with Gasteiger partial charge in [-0.05, 0) is 18.6 Å². The summed E-state index contributed by atoms with van der Waals surface area (Å²) < 4.78 is 50.2. The zero-order valence-electron chi connectivity index (χ0n) is 14.5. The quantitative estimate of drug-likeness (QED) is 0.725. The average molecular weight is 389 g/mol. The van der Waals surface area contributed by atoms with Gasteiger partial charge in [-0.25, -0.2) is 22.2 Å². The second-order valence-corrected chi connectivity index (χ2v) is 7.81. The van der Waals surface area contributed by atoms with Crippen LogP contribution in [-0.4, -0.2) is 42.6 Å². The largest absolute Gasteiger partial charge is 0.365 e. The van der Waals surface area contributed by atoms with Crippen molar-refractivity contribution in [3.05, 3.63) is 29.3 Å². The minimum atomic E-state index is -4.03. The molecule has 144 valence electrons. The first-order valence-electron chi connectivity index (χ1n) is 8.17. The average Bonchev–Trinajstić information content (AvgIpc) is 2.56. The molecule has 1 heterocycles. The number of nitrogens with one attached hydrogen (secondary N) is 1. The smallest absolute Gasteiger partial charge is 0.277 e. The predicted molar refractivity (Wildman–Crippen MR) is 91.9 cm³/mol. The van der Waals surface area contributed by atoms with E-state index < -0.39 is 28.3 Å². The van der Waals surface area contributed by atoms with Crippen LogP contribution >= 0.6 is 0 Å². The summed E-state index contributed by atoms with van der Waals surface area (Å²) in [4.78, 5) is 25.1. The Morgan fingerprint density at radius 2 is 2.04 bits per heavy atom. The molecule has 2 amide bonds. The van der Waals surface area contributed by atoms with Crippen molar-refractivity contribution in [2.45, 2.75) is 39.0 Å². The van der Waals surface area contributed by atoms with Crippen LogP contribution in [0.1, 0.15) is 55.0 Å². The summed E-state index contributed by atoms with van der Waals surface area (Å²) in [6, 6.07) is 3.43. The fraction of sp³-hybridized carbons (Fsp3) is 0.500. The molecule has 1 aromatic carbocycles. The number of rotatable bonds is 7. The van der Waals surface area contributed by atoms with E-state index in [1.165, 1.54) is 6.07 Å². The summed E-state index contributed by atoms with van der Waals surface area (Å²) >= 11 is 0. The molecule has 2 rings (SSSR count). The molecule has 0 atom stereocenters. The number of hydrazine groups is 1. The van der Waals surface area contributed by atoms with Gasteiger partial charge in [-0.15, -0.1) is 4.41 Å². The van der Waals surface area contributed by atoms with Crippen molar-refractivity contribution in [3.8, 4) is 0 Å². The van der Waals surface area contributed by atoms with Gasteiger partial charge in [0.25, 0.3) is 28.3 Å². The maximum atomic E-state index is 12.8. The van der Waals surface area contributed by atoms with Gasteiger partial charge >= 0.3 is 0 Å². The number of alkyl halides is 2.